The minimum absolute atomic E-state index is 0.265. The number of anilines is 1. The Morgan fingerprint density at radius 2 is 1.81 bits per heavy atom. The van der Waals surface area contributed by atoms with Crippen molar-refractivity contribution >= 4 is 34.2 Å². The number of nitrogens with zero attached hydrogens (tertiary/aromatic N) is 3. The first-order chi connectivity index (χ1) is 15.1. The van der Waals surface area contributed by atoms with E-state index in [0.717, 1.165) is 17.6 Å². The van der Waals surface area contributed by atoms with Gasteiger partial charge in [0, 0.05) is 11.3 Å². The Hall–Kier alpha value is -3.38. The van der Waals surface area contributed by atoms with Gasteiger partial charge in [0.25, 0.3) is 5.91 Å². The Bertz CT molecular complexity index is 1220. The monoisotopic (exact) mass is 434 g/mol. The SMILES string of the molecule is CCCCc1ccc(-n2nc3ccc(NC(=O)c4ccc(OC)c(Cl)c4)cc3n2)cc1. The largest absolute Gasteiger partial charge is 0.495 e. The van der Waals surface area contributed by atoms with Crippen LogP contribution in [0.25, 0.3) is 16.7 Å². The molecule has 158 valence electrons. The van der Waals surface area contributed by atoms with E-state index in [2.05, 4.69) is 34.6 Å². The van der Waals surface area contributed by atoms with Crippen molar-refractivity contribution in [3.63, 3.8) is 0 Å². The van der Waals surface area contributed by atoms with Crippen LogP contribution in [-0.4, -0.2) is 28.0 Å². The van der Waals surface area contributed by atoms with Crippen LogP contribution in [0.2, 0.25) is 5.02 Å². The second-order valence-electron chi connectivity index (χ2n) is 7.27. The molecule has 0 aliphatic heterocycles. The lowest BCUT2D eigenvalue weighted by Crippen LogP contribution is -2.11. The number of hydrogen-bond donors (Lipinski definition) is 1. The van der Waals surface area contributed by atoms with E-state index in [9.17, 15) is 4.79 Å². The molecule has 0 spiro atoms. The maximum absolute atomic E-state index is 12.6. The van der Waals surface area contributed by atoms with Crippen molar-refractivity contribution < 1.29 is 9.53 Å². The van der Waals surface area contributed by atoms with E-state index in [4.69, 9.17) is 16.3 Å². The molecule has 1 N–H and O–H groups in total. The Labute approximate surface area is 185 Å². The molecular weight excluding hydrogens is 412 g/mol. The average molecular weight is 435 g/mol. The van der Waals surface area contributed by atoms with Gasteiger partial charge in [-0.3, -0.25) is 4.79 Å². The summed E-state index contributed by atoms with van der Waals surface area (Å²) in [6.07, 6.45) is 3.44. The Kier molecular flexibility index (Phi) is 6.18. The number of unbranched alkanes of at least 4 members (excludes halogenated alkanes) is 1. The minimum atomic E-state index is -0.265. The third-order valence-corrected chi connectivity index (χ3v) is 5.33. The number of rotatable bonds is 7. The first-order valence-electron chi connectivity index (χ1n) is 10.2. The normalized spacial score (nSPS) is 10.9. The second kappa shape index (κ2) is 9.18. The summed E-state index contributed by atoms with van der Waals surface area (Å²) in [6, 6.07) is 18.6. The number of aromatic nitrogens is 3. The number of methoxy groups -OCH3 is 1. The Balaban J connectivity index is 1.52. The van der Waals surface area contributed by atoms with Crippen LogP contribution in [-0.2, 0) is 6.42 Å². The molecule has 0 saturated heterocycles. The minimum Gasteiger partial charge on any atom is -0.495 e. The van der Waals surface area contributed by atoms with Gasteiger partial charge in [-0.15, -0.1) is 10.2 Å². The van der Waals surface area contributed by atoms with Gasteiger partial charge in [-0.1, -0.05) is 37.1 Å². The van der Waals surface area contributed by atoms with Crippen LogP contribution in [0.5, 0.6) is 5.75 Å². The number of nitrogens with one attached hydrogen (secondary N) is 1. The van der Waals surface area contributed by atoms with Gasteiger partial charge in [0.05, 0.1) is 17.8 Å². The lowest BCUT2D eigenvalue weighted by atomic mass is 10.1. The van der Waals surface area contributed by atoms with Crippen molar-refractivity contribution in [2.45, 2.75) is 26.2 Å². The highest BCUT2D eigenvalue weighted by Crippen LogP contribution is 2.25. The van der Waals surface area contributed by atoms with Crippen LogP contribution in [0.1, 0.15) is 35.7 Å². The first-order valence-corrected chi connectivity index (χ1v) is 10.6. The second-order valence-corrected chi connectivity index (χ2v) is 7.67. The maximum atomic E-state index is 12.6. The zero-order valence-electron chi connectivity index (χ0n) is 17.4. The molecule has 7 heteroatoms. The lowest BCUT2D eigenvalue weighted by Gasteiger charge is -2.07. The van der Waals surface area contributed by atoms with Gasteiger partial charge in [-0.05, 0) is 66.9 Å². The number of ether oxygens (including phenoxy) is 1. The van der Waals surface area contributed by atoms with Crippen molar-refractivity contribution in [1.29, 1.82) is 0 Å². The number of aryl methyl sites for hydroxylation is 1. The molecule has 0 radical (unpaired) electrons. The number of carbonyl (C=O) groups is 1. The van der Waals surface area contributed by atoms with Gasteiger partial charge < -0.3 is 10.1 Å². The molecule has 0 atom stereocenters. The fraction of sp³-hybridized carbons (Fsp3) is 0.208. The molecule has 1 amide bonds. The third-order valence-electron chi connectivity index (χ3n) is 5.04. The number of carbonyl (C=O) groups excluding carboxylic acids is 1. The highest BCUT2D eigenvalue weighted by molar-refractivity contribution is 6.32. The van der Waals surface area contributed by atoms with Gasteiger partial charge >= 0.3 is 0 Å². The molecule has 31 heavy (non-hydrogen) atoms. The molecule has 1 aromatic heterocycles. The topological polar surface area (TPSA) is 69.0 Å². The standard InChI is InChI=1S/C24H23ClN4O2/c1-3-4-5-16-6-10-19(11-7-16)29-27-21-12-9-18(15-22(21)28-29)26-24(30)17-8-13-23(31-2)20(25)14-17/h6-15H,3-5H2,1-2H3,(H,26,30). The predicted molar refractivity (Wildman–Crippen MR) is 123 cm³/mol. The number of fused-ring (bicyclic) bond motifs is 1. The van der Waals surface area contributed by atoms with E-state index in [1.165, 1.54) is 25.5 Å². The van der Waals surface area contributed by atoms with E-state index in [0.29, 0.717) is 27.5 Å². The summed E-state index contributed by atoms with van der Waals surface area (Å²) < 4.78 is 5.13. The smallest absolute Gasteiger partial charge is 0.255 e. The molecule has 0 aliphatic carbocycles. The predicted octanol–water partition coefficient (Wildman–Crippen LogP) is 5.68. The molecule has 0 fully saturated rings. The van der Waals surface area contributed by atoms with E-state index in [-0.39, 0.29) is 5.91 Å². The molecule has 1 heterocycles. The average Bonchev–Trinajstić information content (AvgIpc) is 3.21. The number of amides is 1. The van der Waals surface area contributed by atoms with Crippen LogP contribution in [0.15, 0.2) is 60.7 Å². The summed E-state index contributed by atoms with van der Waals surface area (Å²) in [7, 11) is 1.53. The van der Waals surface area contributed by atoms with Crippen molar-refractivity contribution in [3.05, 3.63) is 76.8 Å². The first kappa shape index (κ1) is 20.9. The van der Waals surface area contributed by atoms with Gasteiger partial charge in [0.2, 0.25) is 0 Å². The molecule has 0 saturated carbocycles. The van der Waals surface area contributed by atoms with Crippen molar-refractivity contribution in [1.82, 2.24) is 15.0 Å². The highest BCUT2D eigenvalue weighted by Gasteiger charge is 2.11. The molecule has 4 rings (SSSR count). The van der Waals surface area contributed by atoms with Crippen LogP contribution in [0.3, 0.4) is 0 Å². The summed E-state index contributed by atoms with van der Waals surface area (Å²) in [5, 5.41) is 12.4. The Morgan fingerprint density at radius 1 is 1.03 bits per heavy atom. The van der Waals surface area contributed by atoms with E-state index in [1.807, 2.05) is 18.2 Å². The van der Waals surface area contributed by atoms with E-state index >= 15 is 0 Å². The molecule has 0 unspecified atom stereocenters. The van der Waals surface area contributed by atoms with Crippen molar-refractivity contribution in [2.75, 3.05) is 12.4 Å². The lowest BCUT2D eigenvalue weighted by molar-refractivity contribution is 0.102. The Morgan fingerprint density at radius 3 is 2.52 bits per heavy atom. The number of benzene rings is 3. The molecule has 0 bridgehead atoms. The van der Waals surface area contributed by atoms with Gasteiger partial charge in [-0.2, -0.15) is 4.80 Å². The summed E-state index contributed by atoms with van der Waals surface area (Å²) >= 11 is 6.12. The fourth-order valence-electron chi connectivity index (χ4n) is 3.30. The summed E-state index contributed by atoms with van der Waals surface area (Å²) in [4.78, 5) is 14.2. The summed E-state index contributed by atoms with van der Waals surface area (Å²) in [6.45, 7) is 2.19. The quantitative estimate of drug-likeness (QED) is 0.406. The molecule has 3 aromatic carbocycles. The molecule has 0 aliphatic rings. The molecule has 4 aromatic rings. The van der Waals surface area contributed by atoms with Crippen LogP contribution in [0, 0.1) is 0 Å². The number of hydrogen-bond acceptors (Lipinski definition) is 4. The summed E-state index contributed by atoms with van der Waals surface area (Å²) in [5.41, 5.74) is 4.73. The molecular formula is C24H23ClN4O2. The van der Waals surface area contributed by atoms with Gasteiger partial charge in [-0.25, -0.2) is 0 Å². The maximum Gasteiger partial charge on any atom is 0.255 e. The van der Waals surface area contributed by atoms with Gasteiger partial charge in [0.15, 0.2) is 0 Å². The van der Waals surface area contributed by atoms with Crippen LogP contribution < -0.4 is 10.1 Å². The number of halogens is 1. The summed E-state index contributed by atoms with van der Waals surface area (Å²) in [5.74, 6) is 0.258. The van der Waals surface area contributed by atoms with E-state index < -0.39 is 0 Å². The third kappa shape index (κ3) is 4.70. The van der Waals surface area contributed by atoms with Gasteiger partial charge in [0.1, 0.15) is 16.8 Å². The zero-order chi connectivity index (χ0) is 21.8. The molecule has 6 nitrogen and oxygen atoms in total. The van der Waals surface area contributed by atoms with Crippen LogP contribution in [0.4, 0.5) is 5.69 Å². The van der Waals surface area contributed by atoms with Crippen molar-refractivity contribution in [2.24, 2.45) is 0 Å². The van der Waals surface area contributed by atoms with E-state index in [1.54, 1.807) is 35.1 Å². The van der Waals surface area contributed by atoms with Crippen LogP contribution >= 0.6 is 11.6 Å². The fourth-order valence-corrected chi connectivity index (χ4v) is 3.55. The zero-order valence-corrected chi connectivity index (χ0v) is 18.2. The van der Waals surface area contributed by atoms with Crippen molar-refractivity contribution in [3.8, 4) is 11.4 Å². The highest BCUT2D eigenvalue weighted by atomic mass is 35.5.